The zero-order chi connectivity index (χ0) is 32.0. The molecule has 0 radical (unpaired) electrons. The molecule has 0 aliphatic heterocycles. The molecule has 4 aromatic carbocycles. The van der Waals surface area contributed by atoms with Crippen LogP contribution in [0.4, 0.5) is 0 Å². The van der Waals surface area contributed by atoms with Gasteiger partial charge in [0.1, 0.15) is 5.65 Å². The molecule has 0 unspecified atom stereocenters. The van der Waals surface area contributed by atoms with Gasteiger partial charge in [-0.25, -0.2) is 4.98 Å². The molecule has 0 bridgehead atoms. The van der Waals surface area contributed by atoms with Crippen molar-refractivity contribution in [3.8, 4) is 22.8 Å². The molecule has 6 nitrogen and oxygen atoms in total. The fraction of sp³-hybridized carbons (Fsp3) is 0.146. The van der Waals surface area contributed by atoms with Gasteiger partial charge in [-0.05, 0) is 58.9 Å². The maximum atomic E-state index is 6.52. The Morgan fingerprint density at radius 3 is 2.10 bits per heavy atom. The molecule has 0 atom stereocenters. The Balaban J connectivity index is 0.00000336. The number of ether oxygens (including phenoxy) is 1. The van der Waals surface area contributed by atoms with E-state index >= 15 is 0 Å². The van der Waals surface area contributed by atoms with Crippen LogP contribution >= 0.6 is 0 Å². The van der Waals surface area contributed by atoms with Crippen molar-refractivity contribution >= 4 is 54.8 Å². The van der Waals surface area contributed by atoms with Crippen molar-refractivity contribution in [2.45, 2.75) is 40.0 Å². The second kappa shape index (κ2) is 11.0. The molecule has 0 fully saturated rings. The molecule has 0 saturated heterocycles. The van der Waals surface area contributed by atoms with Crippen molar-refractivity contribution in [1.82, 2.24) is 23.8 Å². The average molecular weight is 805 g/mol. The minimum atomic E-state index is -0.0361. The van der Waals surface area contributed by atoms with Crippen molar-refractivity contribution in [2.75, 3.05) is 0 Å². The second-order valence-corrected chi connectivity index (χ2v) is 13.3. The molecule has 236 valence electrons. The van der Waals surface area contributed by atoms with E-state index in [4.69, 9.17) is 19.7 Å². The maximum Gasteiger partial charge on any atom is 2.00 e. The van der Waals surface area contributed by atoms with Gasteiger partial charge in [0, 0.05) is 47.4 Å². The number of nitrogens with zero attached hydrogens (tertiary/aromatic N) is 5. The van der Waals surface area contributed by atoms with Crippen LogP contribution in [0.1, 0.15) is 37.5 Å². The molecule has 48 heavy (non-hydrogen) atoms. The standard InChI is InChI=1S/C41H31N5O.Pt/c1-24-9-6-10-25(2)36(24)35-23-44-40-31-21-26(14-16-28(31)30-11-8-18-42-39(30)46(35)40)47-27-15-17-29-32(22-27)38-43-19-20-45(38)34-13-7-12-33(37(29)34)41(3,4)5;/h6-20,23H,1-5H3;/q-2;+2. The topological polar surface area (TPSA) is 56.7 Å². The van der Waals surface area contributed by atoms with E-state index in [9.17, 15) is 0 Å². The van der Waals surface area contributed by atoms with Gasteiger partial charge in [0.05, 0.1) is 17.0 Å². The third kappa shape index (κ3) is 4.46. The summed E-state index contributed by atoms with van der Waals surface area (Å²) in [6.45, 7) is 11.0. The third-order valence-corrected chi connectivity index (χ3v) is 9.31. The van der Waals surface area contributed by atoms with Gasteiger partial charge in [-0.15, -0.1) is 12.1 Å². The number of rotatable bonds is 3. The van der Waals surface area contributed by atoms with Crippen LogP contribution in [-0.2, 0) is 26.5 Å². The smallest absolute Gasteiger partial charge is 0.497 e. The fourth-order valence-electron chi connectivity index (χ4n) is 7.23. The van der Waals surface area contributed by atoms with Gasteiger partial charge in [0.15, 0.2) is 0 Å². The Kier molecular flexibility index (Phi) is 6.94. The number of hydrogen-bond donors (Lipinski definition) is 0. The summed E-state index contributed by atoms with van der Waals surface area (Å²) >= 11 is 0. The van der Waals surface area contributed by atoms with Crippen LogP contribution in [0.2, 0.25) is 0 Å². The summed E-state index contributed by atoms with van der Waals surface area (Å²) < 4.78 is 10.8. The first-order valence-corrected chi connectivity index (χ1v) is 15.9. The molecular weight excluding hydrogens is 774 g/mol. The number of aromatic nitrogens is 5. The molecule has 0 spiro atoms. The molecule has 9 aromatic rings. The van der Waals surface area contributed by atoms with Gasteiger partial charge >= 0.3 is 21.1 Å². The molecule has 0 N–H and O–H groups in total. The molecule has 5 heterocycles. The van der Waals surface area contributed by atoms with Gasteiger partial charge in [0.2, 0.25) is 0 Å². The van der Waals surface area contributed by atoms with E-state index in [1.54, 1.807) is 0 Å². The number of pyridine rings is 3. The van der Waals surface area contributed by atoms with Gasteiger partial charge < -0.3 is 13.5 Å². The van der Waals surface area contributed by atoms with Crippen LogP contribution in [0.5, 0.6) is 11.5 Å². The summed E-state index contributed by atoms with van der Waals surface area (Å²) in [6, 6.07) is 32.3. The SMILES string of the molecule is Cc1cccc(C)c1-c1cnc2c3[c-]c(Oc4[c-]c5c(cc4)c4c(C(C)(C)C)cccc4n4ccnc54)ccc3c3cccnc3n12.[Pt+2]. The van der Waals surface area contributed by atoms with Crippen LogP contribution in [0, 0.1) is 26.0 Å². The molecule has 0 amide bonds. The van der Waals surface area contributed by atoms with Crippen molar-refractivity contribution in [3.05, 3.63) is 126 Å². The minimum absolute atomic E-state index is 0. The monoisotopic (exact) mass is 804 g/mol. The molecule has 0 aliphatic carbocycles. The van der Waals surface area contributed by atoms with E-state index in [1.165, 1.54) is 22.1 Å². The molecule has 5 aromatic heterocycles. The number of imidazole rings is 2. The van der Waals surface area contributed by atoms with Crippen molar-refractivity contribution in [2.24, 2.45) is 0 Å². The first-order valence-electron chi connectivity index (χ1n) is 15.9. The molecule has 9 rings (SSSR count). The van der Waals surface area contributed by atoms with Gasteiger partial charge in [-0.2, -0.15) is 0 Å². The summed E-state index contributed by atoms with van der Waals surface area (Å²) in [6.07, 6.45) is 7.65. The second-order valence-electron chi connectivity index (χ2n) is 13.3. The van der Waals surface area contributed by atoms with E-state index in [0.717, 1.165) is 60.6 Å². The van der Waals surface area contributed by atoms with E-state index < -0.39 is 0 Å². The quantitative estimate of drug-likeness (QED) is 0.132. The van der Waals surface area contributed by atoms with E-state index in [2.05, 4.69) is 110 Å². The molecule has 7 heteroatoms. The Labute approximate surface area is 292 Å². The summed E-state index contributed by atoms with van der Waals surface area (Å²) in [5.41, 5.74) is 9.44. The predicted octanol–water partition coefficient (Wildman–Crippen LogP) is 9.96. The van der Waals surface area contributed by atoms with E-state index in [0.29, 0.717) is 11.5 Å². The Morgan fingerprint density at radius 2 is 1.35 bits per heavy atom. The number of fused-ring (bicyclic) bond motifs is 12. The summed E-state index contributed by atoms with van der Waals surface area (Å²) in [5.74, 6) is 1.19. The Hall–Kier alpha value is -5.06. The van der Waals surface area contributed by atoms with Crippen LogP contribution in [0.25, 0.3) is 66.0 Å². The van der Waals surface area contributed by atoms with Crippen LogP contribution in [0.3, 0.4) is 0 Å². The van der Waals surface area contributed by atoms with Gasteiger partial charge in [0.25, 0.3) is 0 Å². The summed E-state index contributed by atoms with van der Waals surface area (Å²) in [4.78, 5) is 14.5. The van der Waals surface area contributed by atoms with Crippen LogP contribution in [0.15, 0.2) is 97.6 Å². The van der Waals surface area contributed by atoms with E-state index in [1.807, 2.05) is 43.0 Å². The number of aryl methyl sites for hydroxylation is 2. The zero-order valence-electron chi connectivity index (χ0n) is 27.2. The largest absolute Gasteiger partial charge is 2.00 e. The average Bonchev–Trinajstić information content (AvgIpc) is 3.73. The van der Waals surface area contributed by atoms with Gasteiger partial charge in [-0.3, -0.25) is 9.97 Å². The minimum Gasteiger partial charge on any atom is -0.497 e. The van der Waals surface area contributed by atoms with E-state index in [-0.39, 0.29) is 26.5 Å². The third-order valence-electron chi connectivity index (χ3n) is 9.31. The summed E-state index contributed by atoms with van der Waals surface area (Å²) in [5, 5.41) is 6.16. The molecule has 0 aliphatic rings. The van der Waals surface area contributed by atoms with Gasteiger partial charge in [-0.1, -0.05) is 103 Å². The Morgan fingerprint density at radius 1 is 0.667 bits per heavy atom. The molecular formula is C41H31N5OPt. The number of benzene rings is 4. The fourth-order valence-corrected chi connectivity index (χ4v) is 7.23. The Bertz CT molecular complexity index is 2710. The summed E-state index contributed by atoms with van der Waals surface area (Å²) in [7, 11) is 0. The van der Waals surface area contributed by atoms with Crippen molar-refractivity contribution < 1.29 is 25.8 Å². The van der Waals surface area contributed by atoms with Crippen LogP contribution in [-0.4, -0.2) is 23.8 Å². The molecule has 0 saturated carbocycles. The normalized spacial score (nSPS) is 12.1. The number of hydrogen-bond acceptors (Lipinski definition) is 4. The van der Waals surface area contributed by atoms with Crippen molar-refractivity contribution in [3.63, 3.8) is 0 Å². The van der Waals surface area contributed by atoms with Crippen LogP contribution < -0.4 is 4.74 Å². The zero-order valence-corrected chi connectivity index (χ0v) is 29.5. The van der Waals surface area contributed by atoms with Crippen molar-refractivity contribution in [1.29, 1.82) is 0 Å². The first-order chi connectivity index (χ1) is 22.8. The maximum absolute atomic E-state index is 6.52. The first kappa shape index (κ1) is 30.3. The predicted molar refractivity (Wildman–Crippen MR) is 190 cm³/mol.